The number of carboxylic acids is 1. The van der Waals surface area contributed by atoms with E-state index >= 15 is 0 Å². The van der Waals surface area contributed by atoms with E-state index in [0.29, 0.717) is 37.3 Å². The van der Waals surface area contributed by atoms with E-state index in [1.165, 1.54) is 5.56 Å². The van der Waals surface area contributed by atoms with Gasteiger partial charge in [-0.1, -0.05) is 42.5 Å². The van der Waals surface area contributed by atoms with Crippen LogP contribution in [0.2, 0.25) is 0 Å². The average molecular weight is 346 g/mol. The standard InChI is InChI=1S/C20H26O5/c21-20(22)14-23-11-5-4-8-16-17(19-10-9-18(16)25-19)13-24-12-15-6-2-1-3-7-15/h1-7,16-19H,8-14H2,(H,21,22)/t16-,17+,18-,19+/m1/s1. The smallest absolute Gasteiger partial charge is 0.329 e. The predicted molar refractivity (Wildman–Crippen MR) is 93.2 cm³/mol. The number of fused-ring (bicyclic) bond motifs is 2. The van der Waals surface area contributed by atoms with Gasteiger partial charge in [0, 0.05) is 5.92 Å². The first-order valence-electron chi connectivity index (χ1n) is 8.95. The van der Waals surface area contributed by atoms with Gasteiger partial charge in [-0.2, -0.15) is 0 Å². The van der Waals surface area contributed by atoms with Gasteiger partial charge in [0.05, 0.1) is 32.0 Å². The van der Waals surface area contributed by atoms with Crippen molar-refractivity contribution >= 4 is 5.97 Å². The van der Waals surface area contributed by atoms with E-state index in [4.69, 9.17) is 19.3 Å². The van der Waals surface area contributed by atoms with Gasteiger partial charge in [-0.3, -0.25) is 0 Å². The van der Waals surface area contributed by atoms with Crippen molar-refractivity contribution in [3.63, 3.8) is 0 Å². The molecule has 2 aliphatic heterocycles. The molecule has 5 nitrogen and oxygen atoms in total. The van der Waals surface area contributed by atoms with Gasteiger partial charge in [0.15, 0.2) is 0 Å². The highest BCUT2D eigenvalue weighted by Crippen LogP contribution is 2.45. The van der Waals surface area contributed by atoms with Crippen molar-refractivity contribution < 1.29 is 24.1 Å². The molecular formula is C20H26O5. The van der Waals surface area contributed by atoms with Crippen LogP contribution in [0.25, 0.3) is 0 Å². The van der Waals surface area contributed by atoms with Crippen molar-refractivity contribution in [3.8, 4) is 0 Å². The normalized spacial score (nSPS) is 28.0. The van der Waals surface area contributed by atoms with E-state index in [9.17, 15) is 4.79 Å². The second-order valence-corrected chi connectivity index (χ2v) is 6.73. The molecule has 0 amide bonds. The van der Waals surface area contributed by atoms with E-state index in [1.807, 2.05) is 24.3 Å². The van der Waals surface area contributed by atoms with Gasteiger partial charge in [-0.05, 0) is 30.7 Å². The second-order valence-electron chi connectivity index (χ2n) is 6.73. The fraction of sp³-hybridized carbons (Fsp3) is 0.550. The van der Waals surface area contributed by atoms with Gasteiger partial charge >= 0.3 is 5.97 Å². The van der Waals surface area contributed by atoms with Gasteiger partial charge in [-0.25, -0.2) is 4.79 Å². The van der Waals surface area contributed by atoms with Crippen LogP contribution in [-0.4, -0.2) is 43.1 Å². The number of benzene rings is 1. The first-order valence-corrected chi connectivity index (χ1v) is 8.95. The molecule has 2 fully saturated rings. The molecule has 0 spiro atoms. The molecule has 0 unspecified atom stereocenters. The minimum Gasteiger partial charge on any atom is -0.480 e. The zero-order valence-electron chi connectivity index (χ0n) is 14.4. The molecule has 3 rings (SSSR count). The molecule has 1 aromatic carbocycles. The molecule has 0 saturated carbocycles. The monoisotopic (exact) mass is 346 g/mol. The molecule has 0 aliphatic carbocycles. The molecule has 2 aliphatic rings. The number of aliphatic carboxylic acids is 1. The Kier molecular flexibility index (Phi) is 6.62. The second kappa shape index (κ2) is 9.13. The summed E-state index contributed by atoms with van der Waals surface area (Å²) in [7, 11) is 0. The van der Waals surface area contributed by atoms with E-state index < -0.39 is 5.97 Å². The quantitative estimate of drug-likeness (QED) is 0.521. The van der Waals surface area contributed by atoms with Gasteiger partial charge in [0.1, 0.15) is 6.61 Å². The maximum absolute atomic E-state index is 10.4. The zero-order chi connectivity index (χ0) is 17.5. The number of carbonyl (C=O) groups is 1. The topological polar surface area (TPSA) is 65.0 Å². The van der Waals surface area contributed by atoms with Crippen molar-refractivity contribution in [2.24, 2.45) is 11.8 Å². The minimum atomic E-state index is -0.939. The molecule has 0 aromatic heterocycles. The first-order chi connectivity index (χ1) is 12.2. The third-order valence-corrected chi connectivity index (χ3v) is 5.03. The van der Waals surface area contributed by atoms with Crippen LogP contribution in [0.5, 0.6) is 0 Å². The summed E-state index contributed by atoms with van der Waals surface area (Å²) < 4.78 is 17.1. The summed E-state index contributed by atoms with van der Waals surface area (Å²) in [5.74, 6) is -0.0252. The van der Waals surface area contributed by atoms with Crippen molar-refractivity contribution in [2.45, 2.75) is 38.1 Å². The predicted octanol–water partition coefficient (Wildman–Crippen LogP) is 3.04. The van der Waals surface area contributed by atoms with Crippen molar-refractivity contribution in [1.29, 1.82) is 0 Å². The van der Waals surface area contributed by atoms with Crippen LogP contribution in [0, 0.1) is 11.8 Å². The molecule has 5 heteroatoms. The molecule has 2 heterocycles. The Hall–Kier alpha value is -1.69. The lowest BCUT2D eigenvalue weighted by molar-refractivity contribution is -0.141. The number of allylic oxidation sites excluding steroid dienone is 1. The van der Waals surface area contributed by atoms with Gasteiger partial charge in [0.2, 0.25) is 0 Å². The molecule has 1 N–H and O–H groups in total. The SMILES string of the molecule is O=C(O)COCC=CC[C@@H]1[C@H](COCc2ccccc2)[C@@H]2CC[C@H]1O2. The highest BCUT2D eigenvalue weighted by Gasteiger charge is 2.48. The number of hydrogen-bond donors (Lipinski definition) is 1. The summed E-state index contributed by atoms with van der Waals surface area (Å²) in [6.45, 7) is 1.45. The van der Waals surface area contributed by atoms with Crippen molar-refractivity contribution in [2.75, 3.05) is 19.8 Å². The lowest BCUT2D eigenvalue weighted by atomic mass is 9.78. The number of ether oxygens (including phenoxy) is 3. The van der Waals surface area contributed by atoms with E-state index in [2.05, 4.69) is 18.2 Å². The fourth-order valence-corrected chi connectivity index (χ4v) is 3.85. The summed E-state index contributed by atoms with van der Waals surface area (Å²) in [5.41, 5.74) is 1.19. The van der Waals surface area contributed by atoms with Crippen LogP contribution in [0.4, 0.5) is 0 Å². The molecule has 2 bridgehead atoms. The number of rotatable bonds is 10. The highest BCUT2D eigenvalue weighted by molar-refractivity contribution is 5.67. The third kappa shape index (κ3) is 5.14. The Labute approximate surface area is 148 Å². The van der Waals surface area contributed by atoms with Crippen LogP contribution in [-0.2, 0) is 25.6 Å². The largest absolute Gasteiger partial charge is 0.480 e. The molecule has 136 valence electrons. The first kappa shape index (κ1) is 18.1. The van der Waals surface area contributed by atoms with Gasteiger partial charge in [0.25, 0.3) is 0 Å². The lowest BCUT2D eigenvalue weighted by Gasteiger charge is -2.27. The Morgan fingerprint density at radius 1 is 1.12 bits per heavy atom. The summed E-state index contributed by atoms with van der Waals surface area (Å²) in [6, 6.07) is 10.2. The van der Waals surface area contributed by atoms with Gasteiger partial charge in [-0.15, -0.1) is 0 Å². The zero-order valence-corrected chi connectivity index (χ0v) is 14.4. The summed E-state index contributed by atoms with van der Waals surface area (Å²) in [4.78, 5) is 10.4. The maximum atomic E-state index is 10.4. The highest BCUT2D eigenvalue weighted by atomic mass is 16.5. The van der Waals surface area contributed by atoms with Crippen LogP contribution >= 0.6 is 0 Å². The van der Waals surface area contributed by atoms with Crippen molar-refractivity contribution in [3.05, 3.63) is 48.0 Å². The van der Waals surface area contributed by atoms with Crippen LogP contribution in [0.15, 0.2) is 42.5 Å². The molecular weight excluding hydrogens is 320 g/mol. The Bertz CT molecular complexity index is 571. The molecule has 1 aromatic rings. The van der Waals surface area contributed by atoms with E-state index in [1.54, 1.807) is 0 Å². The lowest BCUT2D eigenvalue weighted by Crippen LogP contribution is -2.30. The van der Waals surface area contributed by atoms with E-state index in [-0.39, 0.29) is 6.61 Å². The van der Waals surface area contributed by atoms with E-state index in [0.717, 1.165) is 25.9 Å². The number of carboxylic acid groups (broad SMARTS) is 1. The summed E-state index contributed by atoms with van der Waals surface area (Å²) in [6.07, 6.45) is 7.83. The Morgan fingerprint density at radius 3 is 2.64 bits per heavy atom. The van der Waals surface area contributed by atoms with Gasteiger partial charge < -0.3 is 19.3 Å². The minimum absolute atomic E-state index is 0.252. The summed E-state index contributed by atoms with van der Waals surface area (Å²) in [5, 5.41) is 8.53. The Morgan fingerprint density at radius 2 is 1.88 bits per heavy atom. The molecule has 4 atom stereocenters. The fourth-order valence-electron chi connectivity index (χ4n) is 3.85. The third-order valence-electron chi connectivity index (χ3n) is 5.03. The Balaban J connectivity index is 1.43. The van der Waals surface area contributed by atoms with Crippen molar-refractivity contribution in [1.82, 2.24) is 0 Å². The molecule has 25 heavy (non-hydrogen) atoms. The summed E-state index contributed by atoms with van der Waals surface area (Å²) >= 11 is 0. The maximum Gasteiger partial charge on any atom is 0.329 e. The van der Waals surface area contributed by atoms with Crippen LogP contribution < -0.4 is 0 Å². The molecule has 0 radical (unpaired) electrons. The number of hydrogen-bond acceptors (Lipinski definition) is 4. The average Bonchev–Trinajstić information content (AvgIpc) is 3.21. The van der Waals surface area contributed by atoms with Crippen LogP contribution in [0.1, 0.15) is 24.8 Å². The van der Waals surface area contributed by atoms with Crippen LogP contribution in [0.3, 0.4) is 0 Å². The molecule has 2 saturated heterocycles.